The van der Waals surface area contributed by atoms with Gasteiger partial charge >= 0.3 is 17.9 Å². The quantitative estimate of drug-likeness (QED) is 0.158. The molecular weight excluding hydrogens is 604 g/mol. The molecule has 1 saturated heterocycles. The van der Waals surface area contributed by atoms with Crippen LogP contribution in [0.2, 0.25) is 0 Å². The predicted octanol–water partition coefficient (Wildman–Crippen LogP) is 1.87. The van der Waals surface area contributed by atoms with Crippen LogP contribution in [0.1, 0.15) is 88.0 Å². The van der Waals surface area contributed by atoms with Gasteiger partial charge in [-0.3, -0.25) is 38.8 Å². The van der Waals surface area contributed by atoms with E-state index in [-0.39, 0.29) is 50.0 Å². The molecule has 0 aromatic rings. The number of rotatable bonds is 14. The third-order valence-electron chi connectivity index (χ3n) is 7.07. The molecule has 1 aliphatic heterocycles. The van der Waals surface area contributed by atoms with Crippen LogP contribution in [-0.4, -0.2) is 152 Å². The maximum absolute atomic E-state index is 13.0. The van der Waals surface area contributed by atoms with Gasteiger partial charge in [0, 0.05) is 58.9 Å². The van der Waals surface area contributed by atoms with Crippen molar-refractivity contribution >= 4 is 23.8 Å². The Kier molecular flexibility index (Phi) is 19.0. The van der Waals surface area contributed by atoms with Crippen molar-refractivity contribution in [1.29, 1.82) is 0 Å². The minimum Gasteiger partial charge on any atom is -0.459 e. The summed E-state index contributed by atoms with van der Waals surface area (Å²) in [6.07, 6.45) is 3.96. The van der Waals surface area contributed by atoms with E-state index in [9.17, 15) is 19.2 Å². The Bertz CT molecular complexity index is 912. The number of nitrogens with zero attached hydrogens (tertiary/aromatic N) is 4. The van der Waals surface area contributed by atoms with Crippen LogP contribution in [0.4, 0.5) is 0 Å². The lowest BCUT2D eigenvalue weighted by atomic mass is 10.2. The molecule has 1 fully saturated rings. The Hall–Kier alpha value is -2.32. The molecule has 1 heterocycles. The average Bonchev–Trinajstić information content (AvgIpc) is 2.88. The summed E-state index contributed by atoms with van der Waals surface area (Å²) >= 11 is 0. The molecule has 0 bridgehead atoms. The van der Waals surface area contributed by atoms with Crippen molar-refractivity contribution in [2.45, 2.75) is 105 Å². The molecule has 3 N–H and O–H groups in total. The molecule has 0 aliphatic carbocycles. The minimum atomic E-state index is -0.616. The van der Waals surface area contributed by atoms with Crippen LogP contribution in [0.25, 0.3) is 0 Å². The van der Waals surface area contributed by atoms with Crippen molar-refractivity contribution in [3.05, 3.63) is 0 Å². The van der Waals surface area contributed by atoms with Crippen molar-refractivity contribution < 1.29 is 33.4 Å². The van der Waals surface area contributed by atoms with Crippen LogP contribution >= 0.6 is 0 Å². The fraction of sp³-hybridized carbons (Fsp3) is 0.882. The molecule has 0 unspecified atom stereocenters. The fourth-order valence-corrected chi connectivity index (χ4v) is 4.99. The first kappa shape index (κ1) is 42.7. The zero-order valence-electron chi connectivity index (χ0n) is 31.0. The molecule has 0 spiro atoms. The van der Waals surface area contributed by atoms with Gasteiger partial charge in [-0.05, 0) is 81.7 Å². The molecule has 0 radical (unpaired) electrons. The van der Waals surface area contributed by atoms with Gasteiger partial charge < -0.3 is 25.3 Å². The van der Waals surface area contributed by atoms with Gasteiger partial charge in [-0.15, -0.1) is 0 Å². The highest BCUT2D eigenvalue weighted by Gasteiger charge is 2.26. The Morgan fingerprint density at radius 3 is 1.11 bits per heavy atom. The number of esters is 3. The molecule has 13 nitrogen and oxygen atoms in total. The van der Waals surface area contributed by atoms with Gasteiger partial charge in [-0.1, -0.05) is 12.8 Å². The summed E-state index contributed by atoms with van der Waals surface area (Å²) in [5.41, 5.74) is 3.74. The normalized spacial score (nSPS) is 17.3. The summed E-state index contributed by atoms with van der Waals surface area (Å²) in [6, 6.07) is 0. The van der Waals surface area contributed by atoms with E-state index < -0.39 is 16.8 Å². The van der Waals surface area contributed by atoms with E-state index in [1.54, 1.807) is 0 Å². The van der Waals surface area contributed by atoms with E-state index in [1.807, 2.05) is 77.0 Å². The van der Waals surface area contributed by atoms with Gasteiger partial charge in [0.25, 0.3) is 0 Å². The summed E-state index contributed by atoms with van der Waals surface area (Å²) in [6.45, 7) is 22.3. The molecule has 0 aromatic heterocycles. The van der Waals surface area contributed by atoms with Crippen molar-refractivity contribution in [3.63, 3.8) is 0 Å². The van der Waals surface area contributed by atoms with Gasteiger partial charge in [0.2, 0.25) is 5.91 Å². The second-order valence-corrected chi connectivity index (χ2v) is 15.4. The lowest BCUT2D eigenvalue weighted by Crippen LogP contribution is -2.50. The first-order valence-electron chi connectivity index (χ1n) is 17.3. The highest BCUT2D eigenvalue weighted by molar-refractivity contribution is 5.78. The molecule has 0 aromatic carbocycles. The molecule has 0 saturated carbocycles. The van der Waals surface area contributed by atoms with E-state index in [0.29, 0.717) is 65.4 Å². The number of amides is 1. The van der Waals surface area contributed by atoms with Crippen molar-refractivity contribution in [1.82, 2.24) is 24.9 Å². The SMILES string of the molecule is CC(C)(C)OC(=O)CN1CCN(CC(=O)NCCCCCCN)CCN(CC(=O)OC(C)(C)C)CCN(CC(=O)OC(C)(C)C)CC1. The number of ether oxygens (including phenoxy) is 3. The minimum absolute atomic E-state index is 0.0585. The Labute approximate surface area is 284 Å². The first-order chi connectivity index (χ1) is 21.7. The first-order valence-corrected chi connectivity index (χ1v) is 17.3. The maximum Gasteiger partial charge on any atom is 0.320 e. The van der Waals surface area contributed by atoms with Gasteiger partial charge in [0.15, 0.2) is 0 Å². The topological polar surface area (TPSA) is 147 Å². The summed E-state index contributed by atoms with van der Waals surface area (Å²) in [4.78, 5) is 59.6. The molecule has 13 heteroatoms. The molecule has 1 rings (SSSR count). The van der Waals surface area contributed by atoms with Gasteiger partial charge in [-0.25, -0.2) is 0 Å². The third-order valence-corrected chi connectivity index (χ3v) is 7.07. The molecular formula is C34H66N6O7. The van der Waals surface area contributed by atoms with E-state index >= 15 is 0 Å². The number of hydrogen-bond donors (Lipinski definition) is 2. The van der Waals surface area contributed by atoms with Crippen LogP contribution in [0, 0.1) is 0 Å². The standard InChI is InChI=1S/C34H66N6O7/c1-32(2,3)45-29(42)25-38-18-16-37(24-28(41)36-15-13-11-10-12-14-35)17-19-39(26-30(43)46-33(4,5)6)21-23-40(22-20-38)27-31(44)47-34(7,8)9/h10-27,35H2,1-9H3,(H,36,41). The molecule has 1 aliphatic rings. The van der Waals surface area contributed by atoms with E-state index in [4.69, 9.17) is 19.9 Å². The molecule has 274 valence electrons. The van der Waals surface area contributed by atoms with Crippen molar-refractivity contribution in [2.24, 2.45) is 5.73 Å². The van der Waals surface area contributed by atoms with Crippen LogP contribution < -0.4 is 11.1 Å². The summed E-state index contributed by atoms with van der Waals surface area (Å²) in [7, 11) is 0. The van der Waals surface area contributed by atoms with Gasteiger partial charge in [-0.2, -0.15) is 0 Å². The van der Waals surface area contributed by atoms with Crippen LogP contribution in [0.15, 0.2) is 0 Å². The van der Waals surface area contributed by atoms with Gasteiger partial charge in [0.05, 0.1) is 26.2 Å². The number of hydrogen-bond acceptors (Lipinski definition) is 12. The van der Waals surface area contributed by atoms with Crippen molar-refractivity contribution in [3.8, 4) is 0 Å². The van der Waals surface area contributed by atoms with Crippen LogP contribution in [0.5, 0.6) is 0 Å². The second-order valence-electron chi connectivity index (χ2n) is 15.4. The fourth-order valence-electron chi connectivity index (χ4n) is 4.99. The van der Waals surface area contributed by atoms with Crippen LogP contribution in [-0.2, 0) is 33.4 Å². The molecule has 1 amide bonds. The highest BCUT2D eigenvalue weighted by atomic mass is 16.6. The second kappa shape index (κ2) is 20.9. The zero-order chi connectivity index (χ0) is 35.7. The van der Waals surface area contributed by atoms with Gasteiger partial charge in [0.1, 0.15) is 16.8 Å². The van der Waals surface area contributed by atoms with E-state index in [1.165, 1.54) is 0 Å². The summed E-state index contributed by atoms with van der Waals surface area (Å²) < 4.78 is 16.8. The third kappa shape index (κ3) is 23.6. The molecule has 0 atom stereocenters. The lowest BCUT2D eigenvalue weighted by Gasteiger charge is -2.34. The van der Waals surface area contributed by atoms with E-state index in [0.717, 1.165) is 25.7 Å². The highest BCUT2D eigenvalue weighted by Crippen LogP contribution is 2.11. The molecule has 47 heavy (non-hydrogen) atoms. The largest absolute Gasteiger partial charge is 0.459 e. The smallest absolute Gasteiger partial charge is 0.320 e. The Balaban J connectivity index is 3.14. The number of nitrogens with two attached hydrogens (primary N) is 1. The number of unbranched alkanes of at least 4 members (excludes halogenated alkanes) is 3. The summed E-state index contributed by atoms with van der Waals surface area (Å²) in [5, 5.41) is 3.03. The number of carbonyl (C=O) groups is 4. The Morgan fingerprint density at radius 2 is 0.809 bits per heavy atom. The van der Waals surface area contributed by atoms with Crippen LogP contribution in [0.3, 0.4) is 0 Å². The summed E-state index contributed by atoms with van der Waals surface area (Å²) in [5.74, 6) is -1.05. The lowest BCUT2D eigenvalue weighted by molar-refractivity contribution is -0.158. The number of nitrogens with one attached hydrogen (secondary N) is 1. The van der Waals surface area contributed by atoms with Crippen molar-refractivity contribution in [2.75, 3.05) is 91.6 Å². The maximum atomic E-state index is 13.0. The average molecular weight is 671 g/mol. The zero-order valence-corrected chi connectivity index (χ0v) is 31.0. The predicted molar refractivity (Wildman–Crippen MR) is 184 cm³/mol. The number of carbonyl (C=O) groups excluding carboxylic acids is 4. The Morgan fingerprint density at radius 1 is 0.511 bits per heavy atom. The van der Waals surface area contributed by atoms with E-state index in [2.05, 4.69) is 10.2 Å². The monoisotopic (exact) mass is 670 g/mol.